The number of aromatic carboxylic acids is 1. The van der Waals surface area contributed by atoms with Gasteiger partial charge in [0.25, 0.3) is 0 Å². The lowest BCUT2D eigenvalue weighted by Crippen LogP contribution is -2.36. The van der Waals surface area contributed by atoms with Crippen LogP contribution in [0, 0.1) is 6.92 Å². The second kappa shape index (κ2) is 6.91. The molecule has 6 heteroatoms. The summed E-state index contributed by atoms with van der Waals surface area (Å²) in [6.07, 6.45) is 0. The van der Waals surface area contributed by atoms with Gasteiger partial charge in [0.2, 0.25) is 0 Å². The number of amides is 2. The van der Waals surface area contributed by atoms with E-state index in [2.05, 4.69) is 5.32 Å². The van der Waals surface area contributed by atoms with E-state index in [9.17, 15) is 9.59 Å². The Morgan fingerprint density at radius 1 is 1.20 bits per heavy atom. The van der Waals surface area contributed by atoms with Crippen molar-refractivity contribution in [2.24, 2.45) is 0 Å². The predicted octanol–water partition coefficient (Wildman–Crippen LogP) is 1.72. The SMILES string of the molecule is Cc1cc(C(=O)O)ccc1NC(=O)N(C)CCN(C)C. The van der Waals surface area contributed by atoms with E-state index in [-0.39, 0.29) is 11.6 Å². The topological polar surface area (TPSA) is 72.9 Å². The Morgan fingerprint density at radius 2 is 1.85 bits per heavy atom. The minimum atomic E-state index is -0.978. The van der Waals surface area contributed by atoms with Crippen molar-refractivity contribution in [2.45, 2.75) is 6.92 Å². The van der Waals surface area contributed by atoms with Crippen LogP contribution in [0.3, 0.4) is 0 Å². The highest BCUT2D eigenvalue weighted by atomic mass is 16.4. The van der Waals surface area contributed by atoms with Crippen LogP contribution in [0.25, 0.3) is 0 Å². The molecule has 0 aromatic heterocycles. The molecular formula is C14H21N3O3. The number of carboxylic acids is 1. The van der Waals surface area contributed by atoms with Crippen molar-refractivity contribution in [1.29, 1.82) is 0 Å². The van der Waals surface area contributed by atoms with Crippen molar-refractivity contribution in [3.05, 3.63) is 29.3 Å². The van der Waals surface area contributed by atoms with Crippen molar-refractivity contribution in [3.8, 4) is 0 Å². The van der Waals surface area contributed by atoms with E-state index in [1.807, 2.05) is 19.0 Å². The van der Waals surface area contributed by atoms with Crippen molar-refractivity contribution < 1.29 is 14.7 Å². The van der Waals surface area contributed by atoms with Crippen LogP contribution in [0.15, 0.2) is 18.2 Å². The zero-order valence-electron chi connectivity index (χ0n) is 12.3. The Bertz CT molecular complexity index is 500. The average molecular weight is 279 g/mol. The maximum atomic E-state index is 12.0. The van der Waals surface area contributed by atoms with Gasteiger partial charge >= 0.3 is 12.0 Å². The minimum Gasteiger partial charge on any atom is -0.478 e. The maximum absolute atomic E-state index is 12.0. The Balaban J connectivity index is 2.68. The number of benzene rings is 1. The third kappa shape index (κ3) is 4.55. The molecule has 0 spiro atoms. The number of carbonyl (C=O) groups excluding carboxylic acids is 1. The van der Waals surface area contributed by atoms with Crippen molar-refractivity contribution in [3.63, 3.8) is 0 Å². The number of likely N-dealkylation sites (N-methyl/N-ethyl adjacent to an activating group) is 2. The maximum Gasteiger partial charge on any atom is 0.335 e. The molecule has 110 valence electrons. The lowest BCUT2D eigenvalue weighted by atomic mass is 10.1. The third-order valence-electron chi connectivity index (χ3n) is 2.94. The van der Waals surface area contributed by atoms with Crippen LogP contribution in [0.5, 0.6) is 0 Å². The van der Waals surface area contributed by atoms with Crippen LogP contribution in [0.4, 0.5) is 10.5 Å². The molecule has 0 atom stereocenters. The first kappa shape index (κ1) is 16.0. The summed E-state index contributed by atoms with van der Waals surface area (Å²) in [5.74, 6) is -0.978. The van der Waals surface area contributed by atoms with E-state index in [1.54, 1.807) is 24.9 Å². The first-order valence-electron chi connectivity index (χ1n) is 6.32. The molecular weight excluding hydrogens is 258 g/mol. The van der Waals surface area contributed by atoms with Crippen LogP contribution < -0.4 is 5.32 Å². The van der Waals surface area contributed by atoms with Gasteiger partial charge in [0.15, 0.2) is 0 Å². The number of hydrogen-bond donors (Lipinski definition) is 2. The average Bonchev–Trinajstić information content (AvgIpc) is 2.37. The van der Waals surface area contributed by atoms with E-state index >= 15 is 0 Å². The van der Waals surface area contributed by atoms with Gasteiger partial charge in [-0.2, -0.15) is 0 Å². The number of carboxylic acid groups (broad SMARTS) is 1. The molecule has 1 aromatic carbocycles. The highest BCUT2D eigenvalue weighted by Gasteiger charge is 2.11. The molecule has 0 heterocycles. The molecule has 6 nitrogen and oxygen atoms in total. The molecule has 0 saturated carbocycles. The van der Waals surface area contributed by atoms with E-state index in [1.165, 1.54) is 12.1 Å². The van der Waals surface area contributed by atoms with Crippen LogP contribution in [-0.2, 0) is 0 Å². The number of anilines is 1. The zero-order valence-corrected chi connectivity index (χ0v) is 12.3. The summed E-state index contributed by atoms with van der Waals surface area (Å²) in [5, 5.41) is 11.7. The highest BCUT2D eigenvalue weighted by Crippen LogP contribution is 2.17. The monoisotopic (exact) mass is 279 g/mol. The number of urea groups is 1. The summed E-state index contributed by atoms with van der Waals surface area (Å²) in [7, 11) is 5.61. The van der Waals surface area contributed by atoms with E-state index in [0.717, 1.165) is 12.1 Å². The highest BCUT2D eigenvalue weighted by molar-refractivity contribution is 5.92. The molecule has 1 aromatic rings. The normalized spacial score (nSPS) is 10.4. The summed E-state index contributed by atoms with van der Waals surface area (Å²) in [4.78, 5) is 26.4. The van der Waals surface area contributed by atoms with Crippen molar-refractivity contribution in [1.82, 2.24) is 9.80 Å². The van der Waals surface area contributed by atoms with Crippen LogP contribution >= 0.6 is 0 Å². The summed E-state index contributed by atoms with van der Waals surface area (Å²) in [5.41, 5.74) is 1.55. The summed E-state index contributed by atoms with van der Waals surface area (Å²) in [6, 6.07) is 4.41. The van der Waals surface area contributed by atoms with E-state index in [4.69, 9.17) is 5.11 Å². The lowest BCUT2D eigenvalue weighted by Gasteiger charge is -2.20. The summed E-state index contributed by atoms with van der Waals surface area (Å²) >= 11 is 0. The Kier molecular flexibility index (Phi) is 5.52. The standard InChI is InChI=1S/C14H21N3O3/c1-10-9-11(13(18)19)5-6-12(10)15-14(20)17(4)8-7-16(2)3/h5-6,9H,7-8H2,1-4H3,(H,15,20)(H,18,19). The van der Waals surface area contributed by atoms with Crippen molar-refractivity contribution in [2.75, 3.05) is 39.5 Å². The van der Waals surface area contributed by atoms with Gasteiger partial charge in [0.05, 0.1) is 5.56 Å². The molecule has 2 N–H and O–H groups in total. The van der Waals surface area contributed by atoms with Gasteiger partial charge in [-0.3, -0.25) is 0 Å². The first-order valence-corrected chi connectivity index (χ1v) is 6.32. The van der Waals surface area contributed by atoms with Gasteiger partial charge in [-0.25, -0.2) is 9.59 Å². The molecule has 1 rings (SSSR count). The summed E-state index contributed by atoms with van der Waals surface area (Å²) < 4.78 is 0. The van der Waals surface area contributed by atoms with Gasteiger partial charge < -0.3 is 20.2 Å². The number of nitrogens with one attached hydrogen (secondary N) is 1. The van der Waals surface area contributed by atoms with E-state index < -0.39 is 5.97 Å². The molecule has 0 unspecified atom stereocenters. The number of rotatable bonds is 5. The Labute approximate surface area is 119 Å². The van der Waals surface area contributed by atoms with Gasteiger partial charge in [-0.15, -0.1) is 0 Å². The zero-order chi connectivity index (χ0) is 15.3. The number of nitrogens with zero attached hydrogens (tertiary/aromatic N) is 2. The molecule has 2 amide bonds. The molecule has 0 saturated heterocycles. The van der Waals surface area contributed by atoms with Crippen LogP contribution in [0.2, 0.25) is 0 Å². The molecule has 0 radical (unpaired) electrons. The molecule has 0 fully saturated rings. The quantitative estimate of drug-likeness (QED) is 0.860. The van der Waals surface area contributed by atoms with Crippen molar-refractivity contribution >= 4 is 17.7 Å². The Hall–Kier alpha value is -2.08. The van der Waals surface area contributed by atoms with Gasteiger partial charge in [-0.05, 0) is 44.8 Å². The molecule has 20 heavy (non-hydrogen) atoms. The van der Waals surface area contributed by atoms with Crippen LogP contribution in [-0.4, -0.2) is 61.1 Å². The van der Waals surface area contributed by atoms with Gasteiger partial charge in [0, 0.05) is 25.8 Å². The molecule has 0 aliphatic rings. The fourth-order valence-electron chi connectivity index (χ4n) is 1.60. The Morgan fingerprint density at radius 3 is 2.35 bits per heavy atom. The smallest absolute Gasteiger partial charge is 0.335 e. The summed E-state index contributed by atoms with van der Waals surface area (Å²) in [6.45, 7) is 3.16. The minimum absolute atomic E-state index is 0.210. The number of carbonyl (C=O) groups is 2. The molecule has 0 aliphatic heterocycles. The number of aryl methyl sites for hydroxylation is 1. The predicted molar refractivity (Wildman–Crippen MR) is 78.3 cm³/mol. The molecule has 0 bridgehead atoms. The second-order valence-corrected chi connectivity index (χ2v) is 4.99. The van der Waals surface area contributed by atoms with Gasteiger partial charge in [0.1, 0.15) is 0 Å². The molecule has 0 aliphatic carbocycles. The lowest BCUT2D eigenvalue weighted by molar-refractivity contribution is 0.0697. The van der Waals surface area contributed by atoms with E-state index in [0.29, 0.717) is 12.2 Å². The van der Waals surface area contributed by atoms with Gasteiger partial charge in [-0.1, -0.05) is 0 Å². The largest absolute Gasteiger partial charge is 0.478 e. The number of hydrogen-bond acceptors (Lipinski definition) is 3. The van der Waals surface area contributed by atoms with Crippen LogP contribution in [0.1, 0.15) is 15.9 Å². The fourth-order valence-corrected chi connectivity index (χ4v) is 1.60. The fraction of sp³-hybridized carbons (Fsp3) is 0.429. The third-order valence-corrected chi connectivity index (χ3v) is 2.94. The first-order chi connectivity index (χ1) is 9.31. The second-order valence-electron chi connectivity index (χ2n) is 4.99.